The van der Waals surface area contributed by atoms with Crippen LogP contribution in [0.4, 0.5) is 0 Å². The first-order valence-corrected chi connectivity index (χ1v) is 6.77. The molecule has 19 heavy (non-hydrogen) atoms. The van der Waals surface area contributed by atoms with Gasteiger partial charge in [0.05, 0.1) is 0 Å². The topological polar surface area (TPSA) is 54.4 Å². The van der Waals surface area contributed by atoms with E-state index in [0.29, 0.717) is 16.9 Å². The number of carboxylic acids is 1. The molecule has 0 bridgehead atoms. The Bertz CT molecular complexity index is 492. The van der Waals surface area contributed by atoms with Gasteiger partial charge in [-0.05, 0) is 42.6 Å². The summed E-state index contributed by atoms with van der Waals surface area (Å²) in [7, 11) is 0. The first-order valence-electron chi connectivity index (χ1n) is 6.77. The molecule has 1 aliphatic carbocycles. The van der Waals surface area contributed by atoms with E-state index < -0.39 is 11.8 Å². The number of rotatable bonds is 3. The van der Waals surface area contributed by atoms with Gasteiger partial charge in [0.15, 0.2) is 0 Å². The molecule has 0 atom stereocenters. The second-order valence-electron chi connectivity index (χ2n) is 6.16. The van der Waals surface area contributed by atoms with Gasteiger partial charge in [-0.25, -0.2) is 4.79 Å². The number of carbonyl (C=O) groups excluding carboxylic acids is 1. The molecule has 1 aromatic rings. The van der Waals surface area contributed by atoms with Crippen LogP contribution in [-0.2, 0) is 4.79 Å². The first-order chi connectivity index (χ1) is 8.91. The molecule has 0 radical (unpaired) electrons. The predicted molar refractivity (Wildman–Crippen MR) is 73.4 cm³/mol. The third kappa shape index (κ3) is 3.03. The fraction of sp³-hybridized carbons (Fsp3) is 0.500. The van der Waals surface area contributed by atoms with Crippen molar-refractivity contribution in [1.82, 2.24) is 0 Å². The van der Waals surface area contributed by atoms with Crippen LogP contribution in [-0.4, -0.2) is 16.9 Å². The van der Waals surface area contributed by atoms with E-state index in [2.05, 4.69) is 13.8 Å². The summed E-state index contributed by atoms with van der Waals surface area (Å²) in [6.45, 7) is 4.52. The molecule has 3 nitrogen and oxygen atoms in total. The van der Waals surface area contributed by atoms with Crippen molar-refractivity contribution >= 4 is 11.8 Å². The maximum absolute atomic E-state index is 11.7. The van der Waals surface area contributed by atoms with Gasteiger partial charge in [0, 0.05) is 5.56 Å². The normalized spacial score (nSPS) is 19.1. The quantitative estimate of drug-likeness (QED) is 0.667. The Labute approximate surface area is 113 Å². The Morgan fingerprint density at radius 1 is 1.16 bits per heavy atom. The number of Topliss-reactive ketones (excluding diaryl/α,β-unsaturated/α-hetero) is 1. The summed E-state index contributed by atoms with van der Waals surface area (Å²) < 4.78 is 0. The largest absolute Gasteiger partial charge is 0.475 e. The van der Waals surface area contributed by atoms with E-state index >= 15 is 0 Å². The Balaban J connectivity index is 2.26. The molecule has 1 aliphatic rings. The van der Waals surface area contributed by atoms with E-state index in [1.807, 2.05) is 12.1 Å². The van der Waals surface area contributed by atoms with Gasteiger partial charge in [0.1, 0.15) is 0 Å². The van der Waals surface area contributed by atoms with E-state index in [1.54, 1.807) is 12.1 Å². The van der Waals surface area contributed by atoms with Crippen LogP contribution in [0.1, 0.15) is 61.4 Å². The third-order valence-corrected chi connectivity index (χ3v) is 4.18. The van der Waals surface area contributed by atoms with Crippen molar-refractivity contribution in [3.05, 3.63) is 35.4 Å². The first kappa shape index (κ1) is 13.8. The fourth-order valence-electron chi connectivity index (χ4n) is 2.89. The van der Waals surface area contributed by atoms with Crippen LogP contribution in [0, 0.1) is 5.41 Å². The molecule has 0 aromatic heterocycles. The summed E-state index contributed by atoms with van der Waals surface area (Å²) >= 11 is 0. The highest BCUT2D eigenvalue weighted by molar-refractivity contribution is 6.40. The highest BCUT2D eigenvalue weighted by atomic mass is 16.4. The van der Waals surface area contributed by atoms with Gasteiger partial charge in [-0.3, -0.25) is 4.79 Å². The summed E-state index contributed by atoms with van der Waals surface area (Å²) in [6.07, 6.45) is 4.29. The van der Waals surface area contributed by atoms with Crippen molar-refractivity contribution in [3.63, 3.8) is 0 Å². The van der Waals surface area contributed by atoms with E-state index in [0.717, 1.165) is 31.2 Å². The lowest BCUT2D eigenvalue weighted by Crippen LogP contribution is -2.22. The van der Waals surface area contributed by atoms with Crippen LogP contribution in [0.2, 0.25) is 0 Å². The molecule has 1 aromatic carbocycles. The molecule has 1 saturated carbocycles. The van der Waals surface area contributed by atoms with Crippen LogP contribution in [0.25, 0.3) is 0 Å². The summed E-state index contributed by atoms with van der Waals surface area (Å²) in [4.78, 5) is 22.6. The third-order valence-electron chi connectivity index (χ3n) is 4.18. The van der Waals surface area contributed by atoms with Crippen LogP contribution in [0.3, 0.4) is 0 Å². The molecule has 0 amide bonds. The number of aliphatic carboxylic acids is 1. The van der Waals surface area contributed by atoms with Crippen LogP contribution in [0.15, 0.2) is 24.3 Å². The fourth-order valence-corrected chi connectivity index (χ4v) is 2.89. The zero-order valence-electron chi connectivity index (χ0n) is 11.5. The zero-order chi connectivity index (χ0) is 14.0. The summed E-state index contributed by atoms with van der Waals surface area (Å²) in [5.41, 5.74) is 1.63. The highest BCUT2D eigenvalue weighted by Crippen LogP contribution is 2.43. The lowest BCUT2D eigenvalue weighted by molar-refractivity contribution is -0.131. The Hall–Kier alpha value is -1.64. The van der Waals surface area contributed by atoms with Gasteiger partial charge in [0.25, 0.3) is 5.78 Å². The maximum Gasteiger partial charge on any atom is 0.377 e. The van der Waals surface area contributed by atoms with E-state index in [9.17, 15) is 9.59 Å². The molecule has 0 spiro atoms. The SMILES string of the molecule is CC1(C)CCC(c2ccccc2C(=O)C(=O)O)CC1. The average Bonchev–Trinajstić information content (AvgIpc) is 2.38. The monoisotopic (exact) mass is 260 g/mol. The molecule has 0 aliphatic heterocycles. The van der Waals surface area contributed by atoms with Crippen molar-refractivity contribution in [2.45, 2.75) is 45.4 Å². The number of hydrogen-bond donors (Lipinski definition) is 1. The molecule has 0 saturated heterocycles. The van der Waals surface area contributed by atoms with E-state index in [4.69, 9.17) is 5.11 Å². The number of carbonyl (C=O) groups is 2. The summed E-state index contributed by atoms with van der Waals surface area (Å²) in [5, 5.41) is 8.89. The van der Waals surface area contributed by atoms with Crippen molar-refractivity contribution in [2.24, 2.45) is 5.41 Å². The molecular weight excluding hydrogens is 240 g/mol. The van der Waals surface area contributed by atoms with Crippen LogP contribution < -0.4 is 0 Å². The number of hydrogen-bond acceptors (Lipinski definition) is 2. The van der Waals surface area contributed by atoms with Crippen molar-refractivity contribution in [1.29, 1.82) is 0 Å². The van der Waals surface area contributed by atoms with E-state index in [1.165, 1.54) is 0 Å². The second kappa shape index (κ2) is 5.16. The molecule has 0 unspecified atom stereocenters. The molecule has 0 heterocycles. The van der Waals surface area contributed by atoms with Crippen LogP contribution in [0.5, 0.6) is 0 Å². The standard InChI is InChI=1S/C16H20O3/c1-16(2)9-7-11(8-10-16)12-5-3-4-6-13(12)14(17)15(18)19/h3-6,11H,7-10H2,1-2H3,(H,18,19). The Morgan fingerprint density at radius 3 is 2.32 bits per heavy atom. The van der Waals surface area contributed by atoms with Gasteiger partial charge in [0.2, 0.25) is 0 Å². The number of benzene rings is 1. The van der Waals surface area contributed by atoms with Crippen LogP contribution >= 0.6 is 0 Å². The molecule has 2 rings (SSSR count). The smallest absolute Gasteiger partial charge is 0.377 e. The number of ketones is 1. The molecule has 1 fully saturated rings. The van der Waals surface area contributed by atoms with Gasteiger partial charge < -0.3 is 5.11 Å². The maximum atomic E-state index is 11.7. The molecule has 1 N–H and O–H groups in total. The number of carboxylic acid groups (broad SMARTS) is 1. The highest BCUT2D eigenvalue weighted by Gasteiger charge is 2.30. The zero-order valence-corrected chi connectivity index (χ0v) is 11.5. The van der Waals surface area contributed by atoms with Gasteiger partial charge in [-0.2, -0.15) is 0 Å². The van der Waals surface area contributed by atoms with Gasteiger partial charge >= 0.3 is 5.97 Å². The lowest BCUT2D eigenvalue weighted by Gasteiger charge is -2.35. The summed E-state index contributed by atoms with van der Waals surface area (Å²) in [5.74, 6) is -1.85. The minimum atomic E-state index is -1.37. The van der Waals surface area contributed by atoms with Crippen molar-refractivity contribution < 1.29 is 14.7 Å². The minimum absolute atomic E-state index is 0.313. The van der Waals surface area contributed by atoms with E-state index in [-0.39, 0.29) is 0 Å². The Morgan fingerprint density at radius 2 is 1.74 bits per heavy atom. The minimum Gasteiger partial charge on any atom is -0.475 e. The Kier molecular flexibility index (Phi) is 3.74. The van der Waals surface area contributed by atoms with Gasteiger partial charge in [-0.1, -0.05) is 38.1 Å². The van der Waals surface area contributed by atoms with Crippen molar-refractivity contribution in [2.75, 3.05) is 0 Å². The van der Waals surface area contributed by atoms with Gasteiger partial charge in [-0.15, -0.1) is 0 Å². The van der Waals surface area contributed by atoms with Crippen molar-refractivity contribution in [3.8, 4) is 0 Å². The molecular formula is C16H20O3. The predicted octanol–water partition coefficient (Wildman–Crippen LogP) is 3.64. The summed E-state index contributed by atoms with van der Waals surface area (Å²) in [6, 6.07) is 7.14. The molecule has 3 heteroatoms. The average molecular weight is 260 g/mol. The second-order valence-corrected chi connectivity index (χ2v) is 6.16. The molecule has 102 valence electrons. The lowest BCUT2D eigenvalue weighted by atomic mass is 9.70.